The van der Waals surface area contributed by atoms with Gasteiger partial charge in [-0.1, -0.05) is 0 Å². The molecular formula is C19H23N3O5. The summed E-state index contributed by atoms with van der Waals surface area (Å²) in [6.07, 6.45) is 4.65. The van der Waals surface area contributed by atoms with Gasteiger partial charge in [0.05, 0.1) is 33.4 Å². The van der Waals surface area contributed by atoms with Crippen LogP contribution in [-0.4, -0.2) is 61.3 Å². The summed E-state index contributed by atoms with van der Waals surface area (Å²) in [6.45, 7) is 1.13. The zero-order chi connectivity index (χ0) is 19.2. The van der Waals surface area contributed by atoms with Gasteiger partial charge in [0, 0.05) is 18.8 Å². The van der Waals surface area contributed by atoms with Crippen molar-refractivity contribution in [3.8, 4) is 23.1 Å². The van der Waals surface area contributed by atoms with E-state index in [4.69, 9.17) is 18.9 Å². The van der Waals surface area contributed by atoms with Crippen molar-refractivity contribution in [2.24, 2.45) is 0 Å². The molecule has 2 aromatic rings. The van der Waals surface area contributed by atoms with E-state index in [-0.39, 0.29) is 12.0 Å². The quantitative estimate of drug-likeness (QED) is 0.767. The van der Waals surface area contributed by atoms with Gasteiger partial charge in [0.2, 0.25) is 11.6 Å². The van der Waals surface area contributed by atoms with Crippen LogP contribution in [0.25, 0.3) is 0 Å². The molecule has 0 aliphatic carbocycles. The Bertz CT molecular complexity index is 784. The fourth-order valence-electron chi connectivity index (χ4n) is 3.18. The van der Waals surface area contributed by atoms with Gasteiger partial charge in [-0.05, 0) is 25.0 Å². The lowest BCUT2D eigenvalue weighted by atomic mass is 10.1. The summed E-state index contributed by atoms with van der Waals surface area (Å²) < 4.78 is 22.0. The maximum absolute atomic E-state index is 13.1. The van der Waals surface area contributed by atoms with Gasteiger partial charge in [-0.2, -0.15) is 0 Å². The molecule has 1 amide bonds. The number of ether oxygens (including phenoxy) is 4. The second-order valence-corrected chi connectivity index (χ2v) is 6.06. The lowest BCUT2D eigenvalue weighted by Gasteiger charge is -2.33. The highest BCUT2D eigenvalue weighted by atomic mass is 16.5. The highest BCUT2D eigenvalue weighted by Crippen LogP contribution is 2.40. The molecule has 3 rings (SSSR count). The van der Waals surface area contributed by atoms with Crippen molar-refractivity contribution in [1.29, 1.82) is 0 Å². The topological polar surface area (TPSA) is 83.0 Å². The third-order valence-corrected chi connectivity index (χ3v) is 4.44. The monoisotopic (exact) mass is 373 g/mol. The number of piperidine rings is 1. The van der Waals surface area contributed by atoms with Crippen LogP contribution < -0.4 is 18.9 Å². The fourth-order valence-corrected chi connectivity index (χ4v) is 3.18. The molecule has 8 nitrogen and oxygen atoms in total. The first-order valence-electron chi connectivity index (χ1n) is 8.68. The number of carbonyl (C=O) groups is 1. The number of likely N-dealkylation sites (tertiary alicyclic amines) is 1. The summed E-state index contributed by atoms with van der Waals surface area (Å²) in [5.74, 6) is 1.64. The van der Waals surface area contributed by atoms with Gasteiger partial charge in [0.1, 0.15) is 12.4 Å². The minimum Gasteiger partial charge on any atom is -0.493 e. The first-order chi connectivity index (χ1) is 13.2. The number of nitrogens with zero attached hydrogens (tertiary/aromatic N) is 3. The third kappa shape index (κ3) is 4.05. The summed E-state index contributed by atoms with van der Waals surface area (Å²) in [4.78, 5) is 22.8. The van der Waals surface area contributed by atoms with Crippen LogP contribution in [0.2, 0.25) is 0 Å². The van der Waals surface area contributed by atoms with Crippen molar-refractivity contribution < 1.29 is 23.7 Å². The van der Waals surface area contributed by atoms with Crippen molar-refractivity contribution >= 4 is 5.91 Å². The van der Waals surface area contributed by atoms with Crippen molar-refractivity contribution in [2.45, 2.75) is 18.9 Å². The van der Waals surface area contributed by atoms with Crippen LogP contribution in [0.5, 0.6) is 23.1 Å². The number of methoxy groups -OCH3 is 3. The molecule has 0 radical (unpaired) electrons. The molecule has 1 atom stereocenters. The van der Waals surface area contributed by atoms with Crippen LogP contribution >= 0.6 is 0 Å². The first kappa shape index (κ1) is 18.8. The highest BCUT2D eigenvalue weighted by Gasteiger charge is 2.29. The van der Waals surface area contributed by atoms with Crippen molar-refractivity contribution in [1.82, 2.24) is 14.9 Å². The molecule has 0 spiro atoms. The standard InChI is InChI=1S/C19H23N3O5/c1-24-15-7-6-14(17(25-2)18(15)26-3)19(23)22-10-4-5-13(11-22)27-16-8-9-20-12-21-16/h6-9,12-13H,4-5,10-11H2,1-3H3. The van der Waals surface area contributed by atoms with E-state index in [2.05, 4.69) is 9.97 Å². The normalized spacial score (nSPS) is 16.6. The Balaban J connectivity index is 1.79. The molecule has 1 saturated heterocycles. The summed E-state index contributed by atoms with van der Waals surface area (Å²) >= 11 is 0. The molecule has 1 aliphatic rings. The molecule has 2 heterocycles. The summed E-state index contributed by atoms with van der Waals surface area (Å²) in [7, 11) is 4.56. The smallest absolute Gasteiger partial charge is 0.257 e. The molecule has 1 aromatic heterocycles. The van der Waals surface area contributed by atoms with Crippen LogP contribution in [0.1, 0.15) is 23.2 Å². The van der Waals surface area contributed by atoms with Crippen molar-refractivity contribution in [3.63, 3.8) is 0 Å². The van der Waals surface area contributed by atoms with Gasteiger partial charge in [-0.25, -0.2) is 9.97 Å². The number of benzene rings is 1. The minimum atomic E-state index is -0.135. The predicted octanol–water partition coefficient (Wildman–Crippen LogP) is 2.19. The Labute approximate surface area is 158 Å². The SMILES string of the molecule is COc1ccc(C(=O)N2CCCC(Oc3ccncn3)C2)c(OC)c1OC. The largest absolute Gasteiger partial charge is 0.493 e. The Kier molecular flexibility index (Phi) is 5.95. The lowest BCUT2D eigenvalue weighted by Crippen LogP contribution is -2.44. The molecule has 1 aromatic carbocycles. The summed E-state index contributed by atoms with van der Waals surface area (Å²) in [5, 5.41) is 0. The van der Waals surface area contributed by atoms with Gasteiger partial charge in [-0.3, -0.25) is 4.79 Å². The zero-order valence-corrected chi connectivity index (χ0v) is 15.7. The van der Waals surface area contributed by atoms with Gasteiger partial charge in [0.25, 0.3) is 5.91 Å². The van der Waals surface area contributed by atoms with Gasteiger partial charge in [-0.15, -0.1) is 0 Å². The van der Waals surface area contributed by atoms with Crippen LogP contribution in [0.15, 0.2) is 30.7 Å². The van der Waals surface area contributed by atoms with Gasteiger partial charge < -0.3 is 23.8 Å². The Morgan fingerprint density at radius 1 is 1.11 bits per heavy atom. The molecule has 1 aliphatic heterocycles. The molecule has 1 unspecified atom stereocenters. The molecular weight excluding hydrogens is 350 g/mol. The molecule has 0 saturated carbocycles. The maximum atomic E-state index is 13.1. The molecule has 144 valence electrons. The summed E-state index contributed by atoms with van der Waals surface area (Å²) in [6, 6.07) is 5.10. The average molecular weight is 373 g/mol. The second-order valence-electron chi connectivity index (χ2n) is 6.06. The molecule has 0 N–H and O–H groups in total. The molecule has 0 bridgehead atoms. The Morgan fingerprint density at radius 3 is 2.59 bits per heavy atom. The van der Waals surface area contributed by atoms with E-state index in [9.17, 15) is 4.79 Å². The fraction of sp³-hybridized carbons (Fsp3) is 0.421. The zero-order valence-electron chi connectivity index (χ0n) is 15.7. The first-order valence-corrected chi connectivity index (χ1v) is 8.68. The molecule has 8 heteroatoms. The number of carbonyl (C=O) groups excluding carboxylic acids is 1. The third-order valence-electron chi connectivity index (χ3n) is 4.44. The predicted molar refractivity (Wildman–Crippen MR) is 97.7 cm³/mol. The van der Waals surface area contributed by atoms with Gasteiger partial charge >= 0.3 is 0 Å². The van der Waals surface area contributed by atoms with E-state index in [1.165, 1.54) is 20.5 Å². The van der Waals surface area contributed by atoms with Crippen LogP contribution in [0.3, 0.4) is 0 Å². The number of hydrogen-bond acceptors (Lipinski definition) is 7. The van der Waals surface area contributed by atoms with E-state index in [0.29, 0.717) is 41.8 Å². The highest BCUT2D eigenvalue weighted by molar-refractivity contribution is 5.98. The molecule has 1 fully saturated rings. The van der Waals surface area contributed by atoms with E-state index >= 15 is 0 Å². The van der Waals surface area contributed by atoms with Crippen LogP contribution in [0, 0.1) is 0 Å². The second kappa shape index (κ2) is 8.57. The van der Waals surface area contributed by atoms with E-state index in [0.717, 1.165) is 12.8 Å². The van der Waals surface area contributed by atoms with Crippen LogP contribution in [0.4, 0.5) is 0 Å². The van der Waals surface area contributed by atoms with Crippen LogP contribution in [-0.2, 0) is 0 Å². The van der Waals surface area contributed by atoms with Crippen molar-refractivity contribution in [2.75, 3.05) is 34.4 Å². The maximum Gasteiger partial charge on any atom is 0.257 e. The minimum absolute atomic E-state index is 0.122. The lowest BCUT2D eigenvalue weighted by molar-refractivity contribution is 0.0524. The number of hydrogen-bond donors (Lipinski definition) is 0. The van der Waals surface area contributed by atoms with Gasteiger partial charge in [0.15, 0.2) is 11.5 Å². The average Bonchev–Trinajstić information content (AvgIpc) is 2.72. The van der Waals surface area contributed by atoms with E-state index in [1.54, 1.807) is 36.4 Å². The number of aromatic nitrogens is 2. The molecule has 27 heavy (non-hydrogen) atoms. The van der Waals surface area contributed by atoms with E-state index in [1.807, 2.05) is 0 Å². The Hall–Kier alpha value is -3.03. The van der Waals surface area contributed by atoms with Crippen molar-refractivity contribution in [3.05, 3.63) is 36.3 Å². The number of amides is 1. The van der Waals surface area contributed by atoms with E-state index < -0.39 is 0 Å². The number of rotatable bonds is 6. The summed E-state index contributed by atoms with van der Waals surface area (Å²) in [5.41, 5.74) is 0.429. The Morgan fingerprint density at radius 2 is 1.93 bits per heavy atom.